The minimum atomic E-state index is 0.311. The van der Waals surface area contributed by atoms with E-state index >= 15 is 0 Å². The zero-order valence-corrected chi connectivity index (χ0v) is 11.3. The van der Waals surface area contributed by atoms with Gasteiger partial charge in [-0.15, -0.1) is 5.10 Å². The number of ether oxygens (including phenoxy) is 1. The van der Waals surface area contributed by atoms with Crippen LogP contribution >= 0.6 is 0 Å². The van der Waals surface area contributed by atoms with E-state index in [1.54, 1.807) is 0 Å². The molecule has 3 rings (SSSR count). The van der Waals surface area contributed by atoms with Gasteiger partial charge in [0.25, 0.3) is 0 Å². The fourth-order valence-electron chi connectivity index (χ4n) is 2.85. The summed E-state index contributed by atoms with van der Waals surface area (Å²) in [4.78, 5) is 4.71. The Bertz CT molecular complexity index is 451. The minimum absolute atomic E-state index is 0.311. The van der Waals surface area contributed by atoms with Crippen LogP contribution in [0.3, 0.4) is 0 Å². The average molecular weight is 248 g/mol. The van der Waals surface area contributed by atoms with Crippen LogP contribution in [0.5, 0.6) is 0 Å². The molecule has 2 saturated heterocycles. The third-order valence-electron chi connectivity index (χ3n) is 4.21. The summed E-state index contributed by atoms with van der Waals surface area (Å²) in [6.45, 7) is 7.97. The monoisotopic (exact) mass is 248 g/mol. The van der Waals surface area contributed by atoms with Crippen LogP contribution in [0.4, 0.5) is 5.82 Å². The lowest BCUT2D eigenvalue weighted by atomic mass is 10.1. The number of morpholine rings is 1. The Labute approximate surface area is 108 Å². The molecule has 0 N–H and O–H groups in total. The number of aromatic nitrogens is 2. The molecule has 0 unspecified atom stereocenters. The Morgan fingerprint density at radius 1 is 1.33 bits per heavy atom. The molecule has 0 amide bonds. The number of hydrogen-bond acceptors (Lipinski definition) is 5. The van der Waals surface area contributed by atoms with Crippen LogP contribution in [0.15, 0.2) is 6.20 Å². The predicted octanol–water partition coefficient (Wildman–Crippen LogP) is 0.613. The smallest absolute Gasteiger partial charge is 0.154 e. The van der Waals surface area contributed by atoms with Crippen molar-refractivity contribution in [2.75, 3.05) is 38.2 Å². The zero-order chi connectivity index (χ0) is 12.7. The molecule has 0 spiro atoms. The van der Waals surface area contributed by atoms with Gasteiger partial charge in [0.2, 0.25) is 0 Å². The maximum Gasteiger partial charge on any atom is 0.154 e. The molecule has 18 heavy (non-hydrogen) atoms. The molecule has 98 valence electrons. The summed E-state index contributed by atoms with van der Waals surface area (Å²) in [6, 6.07) is 0.487. The summed E-state index contributed by atoms with van der Waals surface area (Å²) in [6.07, 6.45) is 2.13. The van der Waals surface area contributed by atoms with Crippen molar-refractivity contribution in [3.05, 3.63) is 17.3 Å². The van der Waals surface area contributed by atoms with Gasteiger partial charge in [0.05, 0.1) is 24.9 Å². The molecule has 5 nitrogen and oxygen atoms in total. The van der Waals surface area contributed by atoms with Gasteiger partial charge >= 0.3 is 0 Å². The number of hydrogen-bond donors (Lipinski definition) is 0. The first kappa shape index (κ1) is 11.9. The largest absolute Gasteiger partial charge is 0.373 e. The lowest BCUT2D eigenvalue weighted by Gasteiger charge is -2.33. The number of likely N-dealkylation sites (N-methyl/N-ethyl adjacent to an activating group) is 1. The summed E-state index contributed by atoms with van der Waals surface area (Å²) in [5.74, 6) is 1.02. The predicted molar refractivity (Wildman–Crippen MR) is 69.9 cm³/mol. The van der Waals surface area contributed by atoms with E-state index in [1.807, 2.05) is 6.20 Å². The van der Waals surface area contributed by atoms with Crippen LogP contribution < -0.4 is 4.90 Å². The highest BCUT2D eigenvalue weighted by molar-refractivity contribution is 5.49. The van der Waals surface area contributed by atoms with Gasteiger partial charge in [-0.3, -0.25) is 4.90 Å². The molecule has 1 aromatic rings. The van der Waals surface area contributed by atoms with Gasteiger partial charge in [0.15, 0.2) is 5.82 Å². The van der Waals surface area contributed by atoms with E-state index in [2.05, 4.69) is 40.9 Å². The van der Waals surface area contributed by atoms with E-state index in [0.717, 1.165) is 32.1 Å². The molecule has 0 bridgehead atoms. The Kier molecular flexibility index (Phi) is 2.95. The number of rotatable bonds is 1. The standard InChI is InChI=1S/C13H20N4O/c1-9-6-14-15-13(10(9)2)17-7-11-12(8-17)18-5-4-16(11)3/h6,11-12H,4-5,7-8H2,1-3H3/t11-,12-/m0/s1. The third kappa shape index (κ3) is 1.87. The van der Waals surface area contributed by atoms with Gasteiger partial charge in [-0.1, -0.05) is 0 Å². The van der Waals surface area contributed by atoms with Crippen molar-refractivity contribution in [2.45, 2.75) is 26.0 Å². The van der Waals surface area contributed by atoms with Crippen molar-refractivity contribution in [1.29, 1.82) is 0 Å². The van der Waals surface area contributed by atoms with Crippen LogP contribution in [-0.4, -0.2) is 60.5 Å². The number of fused-ring (bicyclic) bond motifs is 1. The summed E-state index contributed by atoms with van der Waals surface area (Å²) in [5.41, 5.74) is 2.43. The first-order valence-corrected chi connectivity index (χ1v) is 6.52. The molecule has 0 radical (unpaired) electrons. The summed E-state index contributed by atoms with van der Waals surface area (Å²) in [7, 11) is 2.18. The molecule has 2 aliphatic rings. The molecule has 3 heterocycles. The molecular formula is C13H20N4O. The number of nitrogens with zero attached hydrogens (tertiary/aromatic N) is 4. The molecule has 2 fully saturated rings. The topological polar surface area (TPSA) is 41.5 Å². The highest BCUT2D eigenvalue weighted by Gasteiger charge is 2.39. The van der Waals surface area contributed by atoms with E-state index in [-0.39, 0.29) is 0 Å². The average Bonchev–Trinajstić information content (AvgIpc) is 2.78. The molecule has 0 saturated carbocycles. The van der Waals surface area contributed by atoms with Crippen molar-refractivity contribution in [1.82, 2.24) is 15.1 Å². The van der Waals surface area contributed by atoms with Crippen LogP contribution in [0, 0.1) is 13.8 Å². The first-order chi connectivity index (χ1) is 8.66. The van der Waals surface area contributed by atoms with E-state index in [0.29, 0.717) is 12.1 Å². The maximum absolute atomic E-state index is 5.86. The second-order valence-corrected chi connectivity index (χ2v) is 5.34. The summed E-state index contributed by atoms with van der Waals surface area (Å²) < 4.78 is 5.86. The van der Waals surface area contributed by atoms with Crippen molar-refractivity contribution < 1.29 is 4.74 Å². The van der Waals surface area contributed by atoms with E-state index in [4.69, 9.17) is 4.74 Å². The maximum atomic E-state index is 5.86. The Balaban J connectivity index is 1.85. The van der Waals surface area contributed by atoms with Crippen molar-refractivity contribution >= 4 is 5.82 Å². The fourth-order valence-corrected chi connectivity index (χ4v) is 2.85. The molecule has 2 aliphatic heterocycles. The van der Waals surface area contributed by atoms with Gasteiger partial charge in [-0.2, -0.15) is 5.10 Å². The normalized spacial score (nSPS) is 28.5. The second kappa shape index (κ2) is 4.48. The lowest BCUT2D eigenvalue weighted by molar-refractivity contribution is -0.0362. The molecule has 0 aliphatic carbocycles. The van der Waals surface area contributed by atoms with Crippen LogP contribution in [-0.2, 0) is 4.74 Å². The van der Waals surface area contributed by atoms with E-state index in [1.165, 1.54) is 11.1 Å². The van der Waals surface area contributed by atoms with Gasteiger partial charge in [-0.05, 0) is 32.0 Å². The van der Waals surface area contributed by atoms with Gasteiger partial charge in [0, 0.05) is 19.6 Å². The van der Waals surface area contributed by atoms with Gasteiger partial charge in [-0.25, -0.2) is 0 Å². The quantitative estimate of drug-likeness (QED) is 0.728. The van der Waals surface area contributed by atoms with Gasteiger partial charge in [0.1, 0.15) is 0 Å². The lowest BCUT2D eigenvalue weighted by Crippen LogP contribution is -2.48. The van der Waals surface area contributed by atoms with Crippen molar-refractivity contribution in [2.24, 2.45) is 0 Å². The van der Waals surface area contributed by atoms with Gasteiger partial charge < -0.3 is 9.64 Å². The number of aryl methyl sites for hydroxylation is 1. The fraction of sp³-hybridized carbons (Fsp3) is 0.692. The number of anilines is 1. The molecule has 5 heteroatoms. The van der Waals surface area contributed by atoms with Crippen molar-refractivity contribution in [3.63, 3.8) is 0 Å². The van der Waals surface area contributed by atoms with E-state index in [9.17, 15) is 0 Å². The summed E-state index contributed by atoms with van der Waals surface area (Å²) >= 11 is 0. The van der Waals surface area contributed by atoms with Crippen LogP contribution in [0.1, 0.15) is 11.1 Å². The Morgan fingerprint density at radius 3 is 2.94 bits per heavy atom. The molecule has 2 atom stereocenters. The zero-order valence-electron chi connectivity index (χ0n) is 11.3. The highest BCUT2D eigenvalue weighted by Crippen LogP contribution is 2.27. The molecule has 1 aromatic heterocycles. The highest BCUT2D eigenvalue weighted by atomic mass is 16.5. The second-order valence-electron chi connectivity index (χ2n) is 5.34. The summed E-state index contributed by atoms with van der Waals surface area (Å²) in [5, 5.41) is 8.39. The van der Waals surface area contributed by atoms with Crippen LogP contribution in [0.25, 0.3) is 0 Å². The van der Waals surface area contributed by atoms with Crippen molar-refractivity contribution in [3.8, 4) is 0 Å². The molecular weight excluding hydrogens is 228 g/mol. The first-order valence-electron chi connectivity index (χ1n) is 6.52. The Morgan fingerprint density at radius 2 is 2.17 bits per heavy atom. The van der Waals surface area contributed by atoms with Crippen LogP contribution in [0.2, 0.25) is 0 Å². The minimum Gasteiger partial charge on any atom is -0.373 e. The SMILES string of the molecule is Cc1cnnc(N2C[C@@H]3OCCN(C)[C@H]3C2)c1C. The Hall–Kier alpha value is -1.20. The third-order valence-corrected chi connectivity index (χ3v) is 4.21. The molecule has 0 aromatic carbocycles. The van der Waals surface area contributed by atoms with E-state index < -0.39 is 0 Å².